The fourth-order valence-corrected chi connectivity index (χ4v) is 3.40. The molecule has 0 saturated carbocycles. The minimum atomic E-state index is -2.50. The molecule has 6 nitrogen and oxygen atoms in total. The first-order valence-corrected chi connectivity index (χ1v) is 11.0. The molecule has 1 aliphatic rings. The van der Waals surface area contributed by atoms with E-state index in [1.165, 1.54) is 30.9 Å². The fraction of sp³-hybridized carbons (Fsp3) is 0.647. The predicted octanol–water partition coefficient (Wildman–Crippen LogP) is 2.59. The van der Waals surface area contributed by atoms with Crippen LogP contribution in [0.4, 0.5) is 0 Å². The number of hydrogen-bond donors (Lipinski definition) is 1. The lowest BCUT2D eigenvalue weighted by molar-refractivity contribution is -0.173. The van der Waals surface area contributed by atoms with Crippen molar-refractivity contribution in [2.24, 2.45) is 5.92 Å². The van der Waals surface area contributed by atoms with E-state index in [9.17, 15) is 19.4 Å². The lowest BCUT2D eigenvalue weighted by Gasteiger charge is -2.29. The second kappa shape index (κ2) is 8.63. The number of amides is 2. The first-order chi connectivity index (χ1) is 11.0. The van der Waals surface area contributed by atoms with Gasteiger partial charge in [-0.15, -0.1) is 0 Å². The maximum Gasteiger partial charge on any atom is 0.268 e. The maximum absolute atomic E-state index is 12.4. The third kappa shape index (κ3) is 6.25. The first-order valence-electron chi connectivity index (χ1n) is 8.22. The highest BCUT2D eigenvalue weighted by Crippen LogP contribution is 2.35. The van der Waals surface area contributed by atoms with Gasteiger partial charge in [-0.05, 0) is 33.1 Å². The number of likely N-dealkylation sites (N-methyl/N-ethyl adjacent to an activating group) is 1. The van der Waals surface area contributed by atoms with Crippen molar-refractivity contribution in [2.45, 2.75) is 32.7 Å². The standard InChI is InChI=1S/C17H29N2O4P/c1-6-14-8-7-9-15(10-14)11-19(22)17(21)13(2)18(3)16(20)12-24(4,5)23/h7-8,10,13,15,22H,6,9,11-12H2,1-5H3. The van der Waals surface area contributed by atoms with E-state index in [2.05, 4.69) is 19.1 Å². The number of allylic oxidation sites excluding steroid dienone is 3. The molecule has 0 bridgehead atoms. The summed E-state index contributed by atoms with van der Waals surface area (Å²) in [4.78, 5) is 25.7. The summed E-state index contributed by atoms with van der Waals surface area (Å²) in [6.45, 7) is 6.89. The van der Waals surface area contributed by atoms with Crippen molar-refractivity contribution in [3.8, 4) is 0 Å². The number of carbonyl (C=O) groups excluding carboxylic acids is 2. The van der Waals surface area contributed by atoms with Crippen LogP contribution in [0.1, 0.15) is 26.7 Å². The normalized spacial score (nSPS) is 18.8. The van der Waals surface area contributed by atoms with Crippen LogP contribution < -0.4 is 0 Å². The summed E-state index contributed by atoms with van der Waals surface area (Å²) >= 11 is 0. The zero-order valence-corrected chi connectivity index (χ0v) is 16.1. The van der Waals surface area contributed by atoms with Gasteiger partial charge in [-0.1, -0.05) is 30.7 Å². The molecule has 24 heavy (non-hydrogen) atoms. The number of nitrogens with zero attached hydrogens (tertiary/aromatic N) is 2. The van der Waals surface area contributed by atoms with Crippen molar-refractivity contribution in [3.05, 3.63) is 23.8 Å². The highest BCUT2D eigenvalue weighted by molar-refractivity contribution is 7.63. The summed E-state index contributed by atoms with van der Waals surface area (Å²) in [5.74, 6) is -0.821. The Balaban J connectivity index is 2.64. The van der Waals surface area contributed by atoms with E-state index in [0.717, 1.165) is 12.8 Å². The number of hydroxylamine groups is 2. The van der Waals surface area contributed by atoms with Gasteiger partial charge in [0.2, 0.25) is 5.91 Å². The van der Waals surface area contributed by atoms with Gasteiger partial charge in [0.15, 0.2) is 0 Å². The van der Waals surface area contributed by atoms with Gasteiger partial charge in [0.1, 0.15) is 6.04 Å². The number of hydrogen-bond acceptors (Lipinski definition) is 4. The maximum atomic E-state index is 12.4. The molecule has 0 saturated heterocycles. The molecule has 0 radical (unpaired) electrons. The average molecular weight is 356 g/mol. The van der Waals surface area contributed by atoms with E-state index >= 15 is 0 Å². The van der Waals surface area contributed by atoms with Crippen molar-refractivity contribution in [1.29, 1.82) is 0 Å². The van der Waals surface area contributed by atoms with Crippen molar-refractivity contribution < 1.29 is 19.4 Å². The van der Waals surface area contributed by atoms with Gasteiger partial charge >= 0.3 is 0 Å². The molecule has 0 spiro atoms. The van der Waals surface area contributed by atoms with Gasteiger partial charge in [-0.2, -0.15) is 0 Å². The van der Waals surface area contributed by atoms with Crippen LogP contribution in [0.3, 0.4) is 0 Å². The van der Waals surface area contributed by atoms with Gasteiger partial charge in [0, 0.05) is 13.0 Å². The third-order valence-electron chi connectivity index (χ3n) is 4.14. The fourth-order valence-electron chi connectivity index (χ4n) is 2.53. The van der Waals surface area contributed by atoms with Gasteiger partial charge in [-0.25, -0.2) is 5.06 Å². The molecule has 136 valence electrons. The molecule has 7 heteroatoms. The van der Waals surface area contributed by atoms with Crippen LogP contribution in [-0.4, -0.2) is 66.1 Å². The summed E-state index contributed by atoms with van der Waals surface area (Å²) in [6, 6.07) is -0.803. The summed E-state index contributed by atoms with van der Waals surface area (Å²) in [6.07, 6.45) is 7.77. The summed E-state index contributed by atoms with van der Waals surface area (Å²) in [5, 5.41) is 10.8. The summed E-state index contributed by atoms with van der Waals surface area (Å²) in [7, 11) is -1.01. The minimum Gasteiger partial charge on any atom is -0.334 e. The lowest BCUT2D eigenvalue weighted by Crippen LogP contribution is -2.48. The van der Waals surface area contributed by atoms with E-state index < -0.39 is 19.1 Å². The van der Waals surface area contributed by atoms with Gasteiger partial charge in [0.25, 0.3) is 5.91 Å². The lowest BCUT2D eigenvalue weighted by atomic mass is 9.95. The van der Waals surface area contributed by atoms with Crippen molar-refractivity contribution in [1.82, 2.24) is 9.96 Å². The van der Waals surface area contributed by atoms with Crippen LogP contribution in [0.25, 0.3) is 0 Å². The van der Waals surface area contributed by atoms with E-state index in [4.69, 9.17) is 0 Å². The molecule has 0 aromatic rings. The van der Waals surface area contributed by atoms with Crippen LogP contribution in [0.5, 0.6) is 0 Å². The molecule has 0 fully saturated rings. The monoisotopic (exact) mass is 356 g/mol. The van der Waals surface area contributed by atoms with Crippen LogP contribution in [0.2, 0.25) is 0 Å². The molecule has 0 aromatic heterocycles. The van der Waals surface area contributed by atoms with Crippen molar-refractivity contribution >= 4 is 19.0 Å². The Labute approximate surface area is 144 Å². The molecule has 2 amide bonds. The van der Waals surface area contributed by atoms with Gasteiger partial charge < -0.3 is 9.46 Å². The minimum absolute atomic E-state index is 0.0682. The first kappa shape index (κ1) is 20.7. The SMILES string of the molecule is CCC1=CC(CN(O)C(=O)C(C)N(C)C(=O)CP(C)(C)=O)CC=C1. The summed E-state index contributed by atoms with van der Waals surface area (Å²) in [5.41, 5.74) is 1.19. The van der Waals surface area contributed by atoms with Crippen LogP contribution in [0.15, 0.2) is 23.8 Å². The van der Waals surface area contributed by atoms with Crippen molar-refractivity contribution in [3.63, 3.8) is 0 Å². The van der Waals surface area contributed by atoms with Crippen LogP contribution >= 0.6 is 7.14 Å². The van der Waals surface area contributed by atoms with Gasteiger partial charge in [0.05, 0.1) is 19.8 Å². The molecule has 2 unspecified atom stereocenters. The van der Waals surface area contributed by atoms with E-state index in [1.54, 1.807) is 6.92 Å². The molecule has 1 rings (SSSR count). The second-order valence-electron chi connectivity index (χ2n) is 6.83. The quantitative estimate of drug-likeness (QED) is 0.432. The Bertz CT molecular complexity index is 579. The van der Waals surface area contributed by atoms with Crippen LogP contribution in [0, 0.1) is 5.92 Å². The second-order valence-corrected chi connectivity index (χ2v) is 10.3. The molecule has 1 N–H and O–H groups in total. The third-order valence-corrected chi connectivity index (χ3v) is 5.17. The molecule has 2 atom stereocenters. The topological polar surface area (TPSA) is 77.9 Å². The largest absolute Gasteiger partial charge is 0.334 e. The van der Waals surface area contributed by atoms with E-state index in [0.29, 0.717) is 5.06 Å². The Hall–Kier alpha value is -1.39. The van der Waals surface area contributed by atoms with Crippen LogP contribution in [-0.2, 0) is 14.2 Å². The Morgan fingerprint density at radius 1 is 1.42 bits per heavy atom. The molecule has 0 aromatic carbocycles. The Morgan fingerprint density at radius 3 is 2.58 bits per heavy atom. The Kier molecular flexibility index (Phi) is 7.43. The molecular formula is C17H29N2O4P. The van der Waals surface area contributed by atoms with E-state index in [1.807, 2.05) is 6.08 Å². The molecule has 1 aliphatic carbocycles. The highest BCUT2D eigenvalue weighted by atomic mass is 31.2. The molecular weight excluding hydrogens is 327 g/mol. The average Bonchev–Trinajstić information content (AvgIpc) is 2.51. The number of carbonyl (C=O) groups is 2. The summed E-state index contributed by atoms with van der Waals surface area (Å²) < 4.78 is 11.8. The van der Waals surface area contributed by atoms with Crippen molar-refractivity contribution in [2.75, 3.05) is 33.1 Å². The zero-order chi connectivity index (χ0) is 18.5. The zero-order valence-electron chi connectivity index (χ0n) is 15.2. The smallest absolute Gasteiger partial charge is 0.268 e. The Morgan fingerprint density at radius 2 is 2.04 bits per heavy atom. The van der Waals surface area contributed by atoms with E-state index in [-0.39, 0.29) is 24.5 Å². The molecule has 0 heterocycles. The predicted molar refractivity (Wildman–Crippen MR) is 95.7 cm³/mol. The molecule has 0 aliphatic heterocycles. The number of rotatable bonds is 7. The van der Waals surface area contributed by atoms with Gasteiger partial charge in [-0.3, -0.25) is 14.8 Å². The highest BCUT2D eigenvalue weighted by Gasteiger charge is 2.29.